The molecule has 140 valence electrons. The fraction of sp³-hybridized carbons (Fsp3) is 0.333. The maximum Gasteiger partial charge on any atom is 0.0890 e. The molecular weight excluding hydrogens is 340 g/mol. The molecule has 0 saturated heterocycles. The minimum atomic E-state index is 0.542. The van der Waals surface area contributed by atoms with Crippen LogP contribution in [-0.4, -0.2) is 44.7 Å². The summed E-state index contributed by atoms with van der Waals surface area (Å²) in [6, 6.07) is 8.57. The Morgan fingerprint density at radius 3 is 2.81 bits per heavy atom. The molecule has 0 saturated carbocycles. The number of benzene rings is 1. The summed E-state index contributed by atoms with van der Waals surface area (Å²) in [5.41, 5.74) is 5.53. The zero-order valence-corrected chi connectivity index (χ0v) is 16.9. The van der Waals surface area contributed by atoms with Gasteiger partial charge in [-0.3, -0.25) is 15.3 Å². The van der Waals surface area contributed by atoms with Gasteiger partial charge in [-0.1, -0.05) is 37.8 Å². The van der Waals surface area contributed by atoms with E-state index in [4.69, 9.17) is 0 Å². The summed E-state index contributed by atoms with van der Waals surface area (Å²) in [5.74, 6) is 0.851. The predicted octanol–water partition coefficient (Wildman–Crippen LogP) is 3.93. The Morgan fingerprint density at radius 2 is 2.15 bits per heavy atom. The van der Waals surface area contributed by atoms with Crippen LogP contribution in [0.25, 0.3) is 6.08 Å². The summed E-state index contributed by atoms with van der Waals surface area (Å²) in [4.78, 5) is 8.31. The molecular formula is C21H30N4S. The van der Waals surface area contributed by atoms with Gasteiger partial charge in [-0.05, 0) is 48.2 Å². The van der Waals surface area contributed by atoms with Gasteiger partial charge in [0.05, 0.1) is 6.67 Å². The number of rotatable bonds is 12. The number of thioether (sulfide) groups is 1. The number of hydrogen-bond acceptors (Lipinski definition) is 5. The number of nitrogens with zero attached hydrogens (tertiary/aromatic N) is 2. The fourth-order valence-corrected chi connectivity index (χ4v) is 2.77. The number of aryl methyl sites for hydroxylation is 1. The van der Waals surface area contributed by atoms with Crippen molar-refractivity contribution < 1.29 is 0 Å². The lowest BCUT2D eigenvalue weighted by Crippen LogP contribution is -2.22. The molecule has 0 atom stereocenters. The van der Waals surface area contributed by atoms with Gasteiger partial charge in [0.25, 0.3) is 0 Å². The number of aliphatic imine (C=N–C) groups is 2. The third-order valence-corrected chi connectivity index (χ3v) is 4.35. The minimum Gasteiger partial charge on any atom is -0.388 e. The van der Waals surface area contributed by atoms with Crippen molar-refractivity contribution in [3.63, 3.8) is 0 Å². The molecule has 0 bridgehead atoms. The van der Waals surface area contributed by atoms with E-state index < -0.39 is 0 Å². The highest BCUT2D eigenvalue weighted by Gasteiger charge is 2.02. The molecule has 2 N–H and O–H groups in total. The number of hydrogen-bond donors (Lipinski definition) is 2. The molecule has 1 rings (SSSR count). The molecule has 1 aromatic rings. The van der Waals surface area contributed by atoms with E-state index in [2.05, 4.69) is 77.4 Å². The third kappa shape index (κ3) is 8.32. The lowest BCUT2D eigenvalue weighted by molar-refractivity contribution is 0.754. The summed E-state index contributed by atoms with van der Waals surface area (Å²) in [5, 5.41) is 6.51. The minimum absolute atomic E-state index is 0.542. The van der Waals surface area contributed by atoms with Gasteiger partial charge in [-0.2, -0.15) is 11.8 Å². The molecule has 1 aromatic carbocycles. The molecule has 0 fully saturated rings. The van der Waals surface area contributed by atoms with Crippen molar-refractivity contribution >= 4 is 30.3 Å². The quantitative estimate of drug-likeness (QED) is 0.333. The Labute approximate surface area is 162 Å². The van der Waals surface area contributed by atoms with Crippen LogP contribution in [0.3, 0.4) is 0 Å². The molecule has 0 aliphatic heterocycles. The molecule has 5 heteroatoms. The van der Waals surface area contributed by atoms with Crippen molar-refractivity contribution in [3.8, 4) is 0 Å². The molecule has 0 spiro atoms. The summed E-state index contributed by atoms with van der Waals surface area (Å²) < 4.78 is 0. The van der Waals surface area contributed by atoms with Crippen LogP contribution in [0.15, 0.2) is 64.4 Å². The summed E-state index contributed by atoms with van der Waals surface area (Å²) >= 11 is 1.73. The highest BCUT2D eigenvalue weighted by molar-refractivity contribution is 7.99. The van der Waals surface area contributed by atoms with Crippen LogP contribution in [0.4, 0.5) is 0 Å². The highest BCUT2D eigenvalue weighted by atomic mass is 32.2. The molecule has 0 unspecified atom stereocenters. The number of allylic oxidation sites excluding steroid dienone is 1. The van der Waals surface area contributed by atoms with Crippen LogP contribution in [0.2, 0.25) is 0 Å². The van der Waals surface area contributed by atoms with E-state index in [9.17, 15) is 0 Å². The van der Waals surface area contributed by atoms with E-state index in [0.717, 1.165) is 29.2 Å². The SMILES string of the molecule is C=N/C=C\C(CSC)=N/CNC/C(=C/c1cccc(CC)c1)C(=C)NC. The van der Waals surface area contributed by atoms with Gasteiger partial charge in [0.2, 0.25) is 0 Å². The van der Waals surface area contributed by atoms with Gasteiger partial charge >= 0.3 is 0 Å². The number of likely N-dealkylation sites (N-methyl/N-ethyl adjacent to an activating group) is 1. The molecule has 0 aromatic heterocycles. The summed E-state index contributed by atoms with van der Waals surface area (Å²) in [6.07, 6.45) is 8.82. The van der Waals surface area contributed by atoms with Crippen LogP contribution in [0.1, 0.15) is 18.1 Å². The normalized spacial score (nSPS) is 12.4. The van der Waals surface area contributed by atoms with Gasteiger partial charge in [0.15, 0.2) is 0 Å². The zero-order valence-electron chi connectivity index (χ0n) is 16.1. The van der Waals surface area contributed by atoms with Crippen molar-refractivity contribution in [1.29, 1.82) is 0 Å². The smallest absolute Gasteiger partial charge is 0.0890 e. The first kappa shape index (κ1) is 21.9. The second kappa shape index (κ2) is 13.1. The van der Waals surface area contributed by atoms with Gasteiger partial charge in [-0.25, -0.2) is 0 Å². The van der Waals surface area contributed by atoms with Crippen molar-refractivity contribution in [1.82, 2.24) is 10.6 Å². The lowest BCUT2D eigenvalue weighted by Gasteiger charge is -2.12. The summed E-state index contributed by atoms with van der Waals surface area (Å²) in [7, 11) is 1.89. The van der Waals surface area contributed by atoms with Crippen molar-refractivity contribution in [2.75, 3.05) is 32.3 Å². The maximum absolute atomic E-state index is 4.58. The largest absolute Gasteiger partial charge is 0.388 e. The predicted molar refractivity (Wildman–Crippen MR) is 119 cm³/mol. The number of nitrogens with one attached hydrogen (secondary N) is 2. The Bertz CT molecular complexity index is 674. The maximum atomic E-state index is 4.58. The first-order valence-corrected chi connectivity index (χ1v) is 10.1. The Kier molecular flexibility index (Phi) is 11.1. The van der Waals surface area contributed by atoms with Crippen LogP contribution in [-0.2, 0) is 6.42 Å². The van der Waals surface area contributed by atoms with Gasteiger partial charge < -0.3 is 5.32 Å². The van der Waals surface area contributed by atoms with Crippen LogP contribution >= 0.6 is 11.8 Å². The van der Waals surface area contributed by atoms with Crippen LogP contribution < -0.4 is 10.6 Å². The Morgan fingerprint density at radius 1 is 1.35 bits per heavy atom. The van der Waals surface area contributed by atoms with E-state index in [1.807, 2.05) is 13.1 Å². The Balaban J connectivity index is 2.79. The zero-order chi connectivity index (χ0) is 19.2. The first-order chi connectivity index (χ1) is 12.6. The molecule has 0 aliphatic rings. The average Bonchev–Trinajstić information content (AvgIpc) is 2.67. The first-order valence-electron chi connectivity index (χ1n) is 8.66. The van der Waals surface area contributed by atoms with E-state index >= 15 is 0 Å². The standard InChI is InChI=1S/C21H30N4S/c1-6-18-8-7-9-19(12-18)13-20(17(2)23-4)14-24-16-25-21(15-26-5)10-11-22-3/h7-13,23-24H,2-3,6,14-16H2,1,4-5H3/b11-10-,20-13-,25-21+. The van der Waals surface area contributed by atoms with E-state index in [0.29, 0.717) is 13.2 Å². The lowest BCUT2D eigenvalue weighted by atomic mass is 10.0. The summed E-state index contributed by atoms with van der Waals surface area (Å²) in [6.45, 7) is 11.0. The average molecular weight is 371 g/mol. The van der Waals surface area contributed by atoms with Crippen molar-refractivity contribution in [2.24, 2.45) is 9.98 Å². The van der Waals surface area contributed by atoms with Crippen LogP contribution in [0, 0.1) is 0 Å². The second-order valence-corrected chi connectivity index (χ2v) is 6.53. The van der Waals surface area contributed by atoms with Crippen molar-refractivity contribution in [3.05, 3.63) is 65.5 Å². The monoisotopic (exact) mass is 370 g/mol. The van der Waals surface area contributed by atoms with Gasteiger partial charge in [0.1, 0.15) is 0 Å². The van der Waals surface area contributed by atoms with E-state index in [-0.39, 0.29) is 0 Å². The second-order valence-electron chi connectivity index (χ2n) is 5.66. The molecule has 0 heterocycles. The van der Waals surface area contributed by atoms with Crippen LogP contribution in [0.5, 0.6) is 0 Å². The molecule has 0 radical (unpaired) electrons. The molecule has 26 heavy (non-hydrogen) atoms. The van der Waals surface area contributed by atoms with Gasteiger partial charge in [0, 0.05) is 37.0 Å². The van der Waals surface area contributed by atoms with Gasteiger partial charge in [-0.15, -0.1) is 0 Å². The molecule has 0 amide bonds. The highest BCUT2D eigenvalue weighted by Crippen LogP contribution is 2.13. The fourth-order valence-electron chi connectivity index (χ4n) is 2.29. The van der Waals surface area contributed by atoms with E-state index in [1.54, 1.807) is 18.0 Å². The third-order valence-electron chi connectivity index (χ3n) is 3.76. The Hall–Kier alpha value is -2.11. The topological polar surface area (TPSA) is 48.8 Å². The molecule has 0 aliphatic carbocycles. The van der Waals surface area contributed by atoms with E-state index in [1.165, 1.54) is 11.1 Å². The molecule has 4 nitrogen and oxygen atoms in total. The van der Waals surface area contributed by atoms with Crippen molar-refractivity contribution in [2.45, 2.75) is 13.3 Å².